The zero-order chi connectivity index (χ0) is 13.5. The molecule has 20 heavy (non-hydrogen) atoms. The van der Waals surface area contributed by atoms with E-state index in [0.29, 0.717) is 25.4 Å². The summed E-state index contributed by atoms with van der Waals surface area (Å²) in [5.41, 5.74) is 2.17. The number of nitrogens with zero attached hydrogens (tertiary/aromatic N) is 1. The lowest BCUT2D eigenvalue weighted by Crippen LogP contribution is -2.35. The van der Waals surface area contributed by atoms with Gasteiger partial charge in [-0.1, -0.05) is 0 Å². The molecule has 2 heterocycles. The molecule has 0 atom stereocenters. The second-order valence-corrected chi connectivity index (χ2v) is 5.76. The molecule has 1 aromatic carbocycles. The van der Waals surface area contributed by atoms with Crippen LogP contribution in [0.15, 0.2) is 12.1 Å². The summed E-state index contributed by atoms with van der Waals surface area (Å²) in [6.07, 6.45) is 3.08. The van der Waals surface area contributed by atoms with Crippen molar-refractivity contribution in [1.82, 2.24) is 4.90 Å². The van der Waals surface area contributed by atoms with E-state index in [4.69, 9.17) is 9.47 Å². The molecule has 0 radical (unpaired) electrons. The van der Waals surface area contributed by atoms with Crippen LogP contribution in [-0.4, -0.2) is 30.7 Å². The number of ether oxygens (including phenoxy) is 2. The van der Waals surface area contributed by atoms with Gasteiger partial charge in [-0.2, -0.15) is 0 Å². The number of nitrogens with one attached hydrogen (secondary N) is 1. The van der Waals surface area contributed by atoms with Gasteiger partial charge in [0.2, 0.25) is 12.7 Å². The summed E-state index contributed by atoms with van der Waals surface area (Å²) in [4.78, 5) is 14.2. The molecular weight excluding hydrogens is 256 g/mol. The molecule has 106 valence electrons. The van der Waals surface area contributed by atoms with Crippen molar-refractivity contribution >= 4 is 11.6 Å². The zero-order valence-electron chi connectivity index (χ0n) is 11.4. The number of benzene rings is 1. The molecule has 1 saturated carbocycles. The van der Waals surface area contributed by atoms with Crippen molar-refractivity contribution in [2.24, 2.45) is 5.92 Å². The highest BCUT2D eigenvalue weighted by Gasteiger charge is 2.28. The molecule has 1 amide bonds. The van der Waals surface area contributed by atoms with Gasteiger partial charge in [0, 0.05) is 37.8 Å². The number of anilines is 1. The molecule has 5 heteroatoms. The average Bonchev–Trinajstić information content (AvgIpc) is 3.13. The number of hydrogen-bond acceptors (Lipinski definition) is 4. The highest BCUT2D eigenvalue weighted by Crippen LogP contribution is 2.38. The standard InChI is InChI=1S/C15H18N2O3/c18-15-3-4-16-12-6-14-13(19-9-20-14)5-11(12)8-17(15)7-10-1-2-10/h5-6,10,16H,1-4,7-9H2. The maximum absolute atomic E-state index is 12.2. The zero-order valence-corrected chi connectivity index (χ0v) is 11.4. The van der Waals surface area contributed by atoms with Crippen molar-refractivity contribution in [2.75, 3.05) is 25.2 Å². The predicted octanol–water partition coefficient (Wildman–Crippen LogP) is 1.97. The van der Waals surface area contributed by atoms with Crippen molar-refractivity contribution in [3.63, 3.8) is 0 Å². The summed E-state index contributed by atoms with van der Waals surface area (Å²) < 4.78 is 10.9. The minimum Gasteiger partial charge on any atom is -0.454 e. The molecule has 3 aliphatic rings. The molecule has 0 spiro atoms. The molecule has 1 N–H and O–H groups in total. The van der Waals surface area contributed by atoms with Gasteiger partial charge in [0.1, 0.15) is 0 Å². The van der Waals surface area contributed by atoms with Gasteiger partial charge in [-0.3, -0.25) is 4.79 Å². The van der Waals surface area contributed by atoms with E-state index in [-0.39, 0.29) is 12.7 Å². The number of carbonyl (C=O) groups excluding carboxylic acids is 1. The van der Waals surface area contributed by atoms with Crippen LogP contribution in [0.5, 0.6) is 11.5 Å². The van der Waals surface area contributed by atoms with E-state index >= 15 is 0 Å². The second-order valence-electron chi connectivity index (χ2n) is 5.76. The van der Waals surface area contributed by atoms with Crippen LogP contribution in [0, 0.1) is 5.92 Å². The Kier molecular flexibility index (Phi) is 2.72. The van der Waals surface area contributed by atoms with Crippen molar-refractivity contribution < 1.29 is 14.3 Å². The Bertz CT molecular complexity index is 554. The Balaban J connectivity index is 1.65. The van der Waals surface area contributed by atoms with Gasteiger partial charge >= 0.3 is 0 Å². The van der Waals surface area contributed by atoms with Gasteiger partial charge in [0.05, 0.1) is 0 Å². The van der Waals surface area contributed by atoms with E-state index in [1.165, 1.54) is 12.8 Å². The first-order valence-electron chi connectivity index (χ1n) is 7.24. The first-order valence-corrected chi connectivity index (χ1v) is 7.24. The largest absolute Gasteiger partial charge is 0.454 e. The van der Waals surface area contributed by atoms with Crippen molar-refractivity contribution in [3.05, 3.63) is 17.7 Å². The minimum absolute atomic E-state index is 0.243. The summed E-state index contributed by atoms with van der Waals surface area (Å²) in [6, 6.07) is 3.99. The van der Waals surface area contributed by atoms with Crippen LogP contribution in [0.4, 0.5) is 5.69 Å². The quantitative estimate of drug-likeness (QED) is 0.896. The molecule has 0 saturated heterocycles. The lowest BCUT2D eigenvalue weighted by Gasteiger charge is -2.27. The highest BCUT2D eigenvalue weighted by molar-refractivity contribution is 5.78. The van der Waals surface area contributed by atoms with E-state index in [1.807, 2.05) is 17.0 Å². The molecular formula is C15H18N2O3. The van der Waals surface area contributed by atoms with Crippen LogP contribution >= 0.6 is 0 Å². The summed E-state index contributed by atoms with van der Waals surface area (Å²) in [5.74, 6) is 2.53. The first kappa shape index (κ1) is 11.9. The van der Waals surface area contributed by atoms with Gasteiger partial charge in [0.25, 0.3) is 0 Å². The van der Waals surface area contributed by atoms with Crippen LogP contribution in [0.2, 0.25) is 0 Å². The van der Waals surface area contributed by atoms with E-state index in [2.05, 4.69) is 5.32 Å². The lowest BCUT2D eigenvalue weighted by molar-refractivity contribution is -0.131. The maximum atomic E-state index is 12.2. The average molecular weight is 274 g/mol. The summed E-state index contributed by atoms with van der Waals surface area (Å²) >= 11 is 0. The monoisotopic (exact) mass is 274 g/mol. The highest BCUT2D eigenvalue weighted by atomic mass is 16.7. The smallest absolute Gasteiger partial charge is 0.231 e. The van der Waals surface area contributed by atoms with Crippen LogP contribution in [0.3, 0.4) is 0 Å². The van der Waals surface area contributed by atoms with Crippen LogP contribution in [0.25, 0.3) is 0 Å². The molecule has 0 unspecified atom stereocenters. The topological polar surface area (TPSA) is 50.8 Å². The number of hydrogen-bond donors (Lipinski definition) is 1. The Morgan fingerprint density at radius 3 is 2.85 bits per heavy atom. The van der Waals surface area contributed by atoms with Gasteiger partial charge in [0.15, 0.2) is 11.5 Å². The minimum atomic E-state index is 0.243. The summed E-state index contributed by atoms with van der Waals surface area (Å²) in [5, 5.41) is 3.33. The van der Waals surface area contributed by atoms with Crippen molar-refractivity contribution in [2.45, 2.75) is 25.8 Å². The first-order chi connectivity index (χ1) is 9.79. The number of amides is 1. The van der Waals surface area contributed by atoms with Crippen LogP contribution in [0.1, 0.15) is 24.8 Å². The fourth-order valence-electron chi connectivity index (χ4n) is 2.81. The Morgan fingerprint density at radius 2 is 2.05 bits per heavy atom. The summed E-state index contributed by atoms with van der Waals surface area (Å²) in [7, 11) is 0. The fourth-order valence-corrected chi connectivity index (χ4v) is 2.81. The van der Waals surface area contributed by atoms with Gasteiger partial charge in [-0.05, 0) is 30.4 Å². The van der Waals surface area contributed by atoms with Crippen molar-refractivity contribution in [1.29, 1.82) is 0 Å². The third-order valence-electron chi connectivity index (χ3n) is 4.14. The normalized spacial score (nSPS) is 21.0. The molecule has 0 bridgehead atoms. The Hall–Kier alpha value is -1.91. The molecule has 5 nitrogen and oxygen atoms in total. The third-order valence-corrected chi connectivity index (χ3v) is 4.14. The van der Waals surface area contributed by atoms with Crippen molar-refractivity contribution in [3.8, 4) is 11.5 Å². The van der Waals surface area contributed by atoms with E-state index in [1.54, 1.807) is 0 Å². The Labute approximate surface area is 117 Å². The number of carbonyl (C=O) groups is 1. The molecule has 1 aliphatic carbocycles. The van der Waals surface area contributed by atoms with Crippen LogP contribution in [-0.2, 0) is 11.3 Å². The fraction of sp³-hybridized carbons (Fsp3) is 0.533. The predicted molar refractivity (Wildman–Crippen MR) is 73.8 cm³/mol. The molecule has 0 aromatic heterocycles. The molecule has 1 fully saturated rings. The third kappa shape index (κ3) is 2.17. The van der Waals surface area contributed by atoms with E-state index < -0.39 is 0 Å². The maximum Gasteiger partial charge on any atom is 0.231 e. The lowest BCUT2D eigenvalue weighted by atomic mass is 10.1. The van der Waals surface area contributed by atoms with Gasteiger partial charge in [-0.25, -0.2) is 0 Å². The SMILES string of the molecule is O=C1CCNc2cc3c(cc2CN1CC1CC1)OCO3. The number of rotatable bonds is 2. The molecule has 2 aliphatic heterocycles. The summed E-state index contributed by atoms with van der Waals surface area (Å²) in [6.45, 7) is 2.51. The Morgan fingerprint density at radius 1 is 1.25 bits per heavy atom. The molecule has 1 aromatic rings. The second kappa shape index (κ2) is 4.58. The van der Waals surface area contributed by atoms with Gasteiger partial charge in [-0.15, -0.1) is 0 Å². The number of fused-ring (bicyclic) bond motifs is 2. The van der Waals surface area contributed by atoms with Gasteiger partial charge < -0.3 is 19.7 Å². The van der Waals surface area contributed by atoms with E-state index in [0.717, 1.165) is 29.3 Å². The van der Waals surface area contributed by atoms with E-state index in [9.17, 15) is 4.79 Å². The van der Waals surface area contributed by atoms with Crippen LogP contribution < -0.4 is 14.8 Å². The molecule has 4 rings (SSSR count).